The van der Waals surface area contributed by atoms with Crippen LogP contribution in [0.2, 0.25) is 0 Å². The van der Waals surface area contributed by atoms with Crippen LogP contribution in [0.1, 0.15) is 70.6 Å². The van der Waals surface area contributed by atoms with Crippen molar-refractivity contribution in [2.24, 2.45) is 5.73 Å². The first-order valence-corrected chi connectivity index (χ1v) is 7.87. The summed E-state index contributed by atoms with van der Waals surface area (Å²) in [6, 6.07) is 0.456. The van der Waals surface area contributed by atoms with Crippen molar-refractivity contribution in [2.75, 3.05) is 6.61 Å². The fourth-order valence-corrected chi connectivity index (χ4v) is 4.08. The standard InChI is InChI=1S/C16H27NO/c17-15-6-4-13(5-7-15)14-8-11-18-16(12-14)9-2-1-3-10-16/h15H,1-12,17H2. The van der Waals surface area contributed by atoms with E-state index in [0.717, 1.165) is 6.61 Å². The van der Waals surface area contributed by atoms with Crippen molar-refractivity contribution in [1.82, 2.24) is 0 Å². The molecule has 0 atom stereocenters. The summed E-state index contributed by atoms with van der Waals surface area (Å²) >= 11 is 0. The Balaban J connectivity index is 1.71. The van der Waals surface area contributed by atoms with Gasteiger partial charge in [0.2, 0.25) is 0 Å². The second-order valence-electron chi connectivity index (χ2n) is 6.56. The molecule has 0 aromatic rings. The van der Waals surface area contributed by atoms with E-state index >= 15 is 0 Å². The average molecular weight is 249 g/mol. The summed E-state index contributed by atoms with van der Waals surface area (Å²) in [6.45, 7) is 0.963. The number of allylic oxidation sites excluding steroid dienone is 1. The molecule has 0 radical (unpaired) electrons. The molecule has 0 amide bonds. The quantitative estimate of drug-likeness (QED) is 0.664. The Morgan fingerprint density at radius 3 is 2.39 bits per heavy atom. The zero-order valence-corrected chi connectivity index (χ0v) is 11.5. The van der Waals surface area contributed by atoms with Gasteiger partial charge in [0.15, 0.2) is 0 Å². The topological polar surface area (TPSA) is 35.2 Å². The Labute approximate surface area is 111 Å². The summed E-state index contributed by atoms with van der Waals surface area (Å²) in [5, 5.41) is 0. The number of rotatable bonds is 0. The van der Waals surface area contributed by atoms with Gasteiger partial charge in [-0.3, -0.25) is 0 Å². The highest BCUT2D eigenvalue weighted by Gasteiger charge is 2.37. The Kier molecular flexibility index (Phi) is 3.76. The third-order valence-electron chi connectivity index (χ3n) is 5.25. The van der Waals surface area contributed by atoms with Gasteiger partial charge in [-0.2, -0.15) is 0 Å². The lowest BCUT2D eigenvalue weighted by atomic mass is 9.75. The Morgan fingerprint density at radius 2 is 1.67 bits per heavy atom. The van der Waals surface area contributed by atoms with E-state index in [9.17, 15) is 0 Å². The van der Waals surface area contributed by atoms with Crippen molar-refractivity contribution in [3.8, 4) is 0 Å². The van der Waals surface area contributed by atoms with E-state index in [0.29, 0.717) is 6.04 Å². The van der Waals surface area contributed by atoms with Gasteiger partial charge in [0.25, 0.3) is 0 Å². The van der Waals surface area contributed by atoms with Gasteiger partial charge in [0, 0.05) is 6.04 Å². The van der Waals surface area contributed by atoms with E-state index in [1.807, 2.05) is 0 Å². The molecule has 0 aromatic heterocycles. The van der Waals surface area contributed by atoms with E-state index in [1.165, 1.54) is 70.6 Å². The van der Waals surface area contributed by atoms with Crippen LogP contribution < -0.4 is 5.73 Å². The summed E-state index contributed by atoms with van der Waals surface area (Å²) in [7, 11) is 0. The van der Waals surface area contributed by atoms with Crippen LogP contribution in [0.3, 0.4) is 0 Å². The van der Waals surface area contributed by atoms with Crippen molar-refractivity contribution >= 4 is 0 Å². The maximum atomic E-state index is 6.19. The number of nitrogens with two attached hydrogens (primary N) is 1. The predicted octanol–water partition coefficient (Wildman–Crippen LogP) is 3.70. The lowest BCUT2D eigenvalue weighted by Gasteiger charge is -2.42. The third kappa shape index (κ3) is 2.65. The highest BCUT2D eigenvalue weighted by Crippen LogP contribution is 2.42. The summed E-state index contributed by atoms with van der Waals surface area (Å²) in [5.41, 5.74) is 9.74. The molecule has 1 heterocycles. The van der Waals surface area contributed by atoms with Crippen molar-refractivity contribution in [2.45, 2.75) is 82.3 Å². The van der Waals surface area contributed by atoms with E-state index in [-0.39, 0.29) is 5.60 Å². The van der Waals surface area contributed by atoms with Crippen LogP contribution in [0.4, 0.5) is 0 Å². The minimum atomic E-state index is 0.235. The normalized spacial score (nSPS) is 32.8. The predicted molar refractivity (Wildman–Crippen MR) is 74.5 cm³/mol. The third-order valence-corrected chi connectivity index (χ3v) is 5.25. The molecular formula is C16H27NO. The van der Waals surface area contributed by atoms with Crippen molar-refractivity contribution in [1.29, 1.82) is 0 Å². The van der Waals surface area contributed by atoms with Gasteiger partial charge in [-0.25, -0.2) is 0 Å². The molecule has 2 aliphatic carbocycles. The maximum absolute atomic E-state index is 6.19. The molecule has 1 spiro atoms. The lowest BCUT2D eigenvalue weighted by molar-refractivity contribution is -0.0844. The second-order valence-corrected chi connectivity index (χ2v) is 6.56. The largest absolute Gasteiger partial charge is 0.374 e. The van der Waals surface area contributed by atoms with E-state index < -0.39 is 0 Å². The summed E-state index contributed by atoms with van der Waals surface area (Å²) in [5.74, 6) is 0. The molecule has 3 aliphatic rings. The van der Waals surface area contributed by atoms with E-state index in [1.54, 1.807) is 11.1 Å². The van der Waals surface area contributed by atoms with Gasteiger partial charge in [-0.05, 0) is 51.4 Å². The van der Waals surface area contributed by atoms with Gasteiger partial charge in [-0.1, -0.05) is 30.4 Å². The maximum Gasteiger partial charge on any atom is 0.0719 e. The van der Waals surface area contributed by atoms with Crippen LogP contribution in [0, 0.1) is 0 Å². The molecule has 1 saturated heterocycles. The van der Waals surface area contributed by atoms with Crippen molar-refractivity contribution in [3.63, 3.8) is 0 Å². The molecular weight excluding hydrogens is 222 g/mol. The zero-order valence-electron chi connectivity index (χ0n) is 11.5. The van der Waals surface area contributed by atoms with Gasteiger partial charge < -0.3 is 10.5 Å². The van der Waals surface area contributed by atoms with Gasteiger partial charge in [0.05, 0.1) is 12.2 Å². The number of ether oxygens (including phenoxy) is 1. The second kappa shape index (κ2) is 5.34. The molecule has 2 N–H and O–H groups in total. The summed E-state index contributed by atoms with van der Waals surface area (Å²) in [4.78, 5) is 0. The zero-order chi connectivity index (χ0) is 12.4. The smallest absolute Gasteiger partial charge is 0.0719 e. The molecule has 0 unspecified atom stereocenters. The molecule has 102 valence electrons. The first-order chi connectivity index (χ1) is 8.77. The summed E-state index contributed by atoms with van der Waals surface area (Å²) < 4.78 is 6.19. The van der Waals surface area contributed by atoms with Gasteiger partial charge in [0.1, 0.15) is 0 Å². The highest BCUT2D eigenvalue weighted by atomic mass is 16.5. The molecule has 3 rings (SSSR count). The van der Waals surface area contributed by atoms with Gasteiger partial charge in [-0.15, -0.1) is 0 Å². The van der Waals surface area contributed by atoms with Gasteiger partial charge >= 0.3 is 0 Å². The SMILES string of the molecule is NC1CCC(=C2CCOC3(CCCCC3)C2)CC1. The van der Waals surface area contributed by atoms with Crippen LogP contribution >= 0.6 is 0 Å². The average Bonchev–Trinajstić information content (AvgIpc) is 2.40. The van der Waals surface area contributed by atoms with Crippen LogP contribution in [0.5, 0.6) is 0 Å². The fourth-order valence-electron chi connectivity index (χ4n) is 4.08. The first kappa shape index (κ1) is 12.7. The fraction of sp³-hybridized carbons (Fsp3) is 0.875. The van der Waals surface area contributed by atoms with Crippen LogP contribution in [0.15, 0.2) is 11.1 Å². The minimum Gasteiger partial charge on any atom is -0.374 e. The Hall–Kier alpha value is -0.340. The molecule has 2 saturated carbocycles. The summed E-state index contributed by atoms with van der Waals surface area (Å²) in [6.07, 6.45) is 14.1. The van der Waals surface area contributed by atoms with Crippen LogP contribution in [-0.4, -0.2) is 18.2 Å². The molecule has 18 heavy (non-hydrogen) atoms. The van der Waals surface area contributed by atoms with E-state index in [2.05, 4.69) is 0 Å². The molecule has 2 heteroatoms. The Bertz CT molecular complexity index is 312. The molecule has 0 aromatic carbocycles. The van der Waals surface area contributed by atoms with Crippen LogP contribution in [0.25, 0.3) is 0 Å². The van der Waals surface area contributed by atoms with E-state index in [4.69, 9.17) is 10.5 Å². The van der Waals surface area contributed by atoms with Crippen molar-refractivity contribution in [3.05, 3.63) is 11.1 Å². The van der Waals surface area contributed by atoms with Crippen LogP contribution in [-0.2, 0) is 4.74 Å². The molecule has 1 aliphatic heterocycles. The first-order valence-electron chi connectivity index (χ1n) is 7.87. The number of hydrogen-bond acceptors (Lipinski definition) is 2. The molecule has 2 nitrogen and oxygen atoms in total. The van der Waals surface area contributed by atoms with Crippen molar-refractivity contribution < 1.29 is 4.74 Å². The minimum absolute atomic E-state index is 0.235. The molecule has 0 bridgehead atoms. The monoisotopic (exact) mass is 249 g/mol. The Morgan fingerprint density at radius 1 is 0.944 bits per heavy atom. The molecule has 3 fully saturated rings. The number of hydrogen-bond donors (Lipinski definition) is 1. The highest BCUT2D eigenvalue weighted by molar-refractivity contribution is 5.21. The lowest BCUT2D eigenvalue weighted by Crippen LogP contribution is -2.39.